The van der Waals surface area contributed by atoms with Crippen molar-refractivity contribution >= 4 is 17.6 Å². The summed E-state index contributed by atoms with van der Waals surface area (Å²) < 4.78 is 6.56. The highest BCUT2D eigenvalue weighted by Crippen LogP contribution is 2.32. The summed E-state index contributed by atoms with van der Waals surface area (Å²) in [6, 6.07) is 0. The van der Waals surface area contributed by atoms with E-state index in [9.17, 15) is 19.8 Å². The second-order valence-electron chi connectivity index (χ2n) is 4.81. The van der Waals surface area contributed by atoms with Crippen molar-refractivity contribution in [1.29, 1.82) is 0 Å². The number of rotatable bonds is 2. The van der Waals surface area contributed by atoms with Gasteiger partial charge in [0.05, 0.1) is 19.5 Å². The zero-order chi connectivity index (χ0) is 15.1. The summed E-state index contributed by atoms with van der Waals surface area (Å²) in [5.41, 5.74) is 0.00990. The Kier molecular flexibility index (Phi) is 3.37. The van der Waals surface area contributed by atoms with Crippen molar-refractivity contribution in [3.63, 3.8) is 0 Å². The maximum absolute atomic E-state index is 12.0. The number of nitrogens with one attached hydrogen (secondary N) is 2. The fourth-order valence-corrected chi connectivity index (χ4v) is 2.40. The Morgan fingerprint density at radius 1 is 1.38 bits per heavy atom. The number of nitrogens with zero attached hydrogens (tertiary/aromatic N) is 2. The highest BCUT2D eigenvalue weighted by molar-refractivity contribution is 6.06. The minimum atomic E-state index is -1.34. The summed E-state index contributed by atoms with van der Waals surface area (Å²) in [6.07, 6.45) is -3.47. The Morgan fingerprint density at radius 3 is 2.81 bits per heavy atom. The molecule has 1 saturated heterocycles. The fraction of sp³-hybridized carbons (Fsp3) is 0.545. The van der Waals surface area contributed by atoms with Crippen LogP contribution < -0.4 is 10.6 Å². The Bertz CT molecular complexity index is 587. The maximum atomic E-state index is 12.0. The Hall–Kier alpha value is -2.01. The van der Waals surface area contributed by atoms with E-state index in [4.69, 9.17) is 9.84 Å². The monoisotopic (exact) mass is 298 g/mol. The number of hydrogen-bond donors (Lipinski definition) is 5. The van der Waals surface area contributed by atoms with Gasteiger partial charge in [0.1, 0.15) is 18.3 Å². The van der Waals surface area contributed by atoms with Gasteiger partial charge in [-0.15, -0.1) is 0 Å². The number of aliphatic hydroxyl groups excluding tert-OH is 3. The molecule has 3 rings (SSSR count). The van der Waals surface area contributed by atoms with Crippen molar-refractivity contribution in [2.45, 2.75) is 24.5 Å². The Morgan fingerprint density at radius 2 is 2.14 bits per heavy atom. The molecule has 2 amide bonds. The second kappa shape index (κ2) is 5.07. The number of aliphatic hydroxyl groups is 3. The summed E-state index contributed by atoms with van der Waals surface area (Å²) >= 11 is 0. The molecule has 0 aromatic carbocycles. The molecular formula is C11H14N4O6. The zero-order valence-electron chi connectivity index (χ0n) is 10.8. The molecule has 1 aromatic rings. The molecule has 4 unspecified atom stereocenters. The number of carbonyl (C=O) groups excluding carboxylic acids is 2. The van der Waals surface area contributed by atoms with E-state index in [0.29, 0.717) is 0 Å². The minimum absolute atomic E-state index is 0.00990. The van der Waals surface area contributed by atoms with Crippen LogP contribution in [0.1, 0.15) is 16.7 Å². The second-order valence-corrected chi connectivity index (χ2v) is 4.81. The van der Waals surface area contributed by atoms with Crippen LogP contribution in [0.5, 0.6) is 0 Å². The van der Waals surface area contributed by atoms with Crippen LogP contribution in [-0.4, -0.2) is 68.1 Å². The number of carbonyl (C=O) groups is 2. The van der Waals surface area contributed by atoms with Crippen molar-refractivity contribution in [2.75, 3.05) is 18.5 Å². The lowest BCUT2D eigenvalue weighted by molar-refractivity contribution is -0.115. The number of aromatic nitrogens is 2. The molecule has 0 bridgehead atoms. The Balaban J connectivity index is 1.98. The molecular weight excluding hydrogens is 284 g/mol. The molecule has 114 valence electrons. The van der Waals surface area contributed by atoms with E-state index in [1.807, 2.05) is 0 Å². The van der Waals surface area contributed by atoms with Crippen LogP contribution in [0.2, 0.25) is 0 Å². The number of amides is 2. The van der Waals surface area contributed by atoms with E-state index in [1.54, 1.807) is 0 Å². The van der Waals surface area contributed by atoms with Crippen LogP contribution in [0.3, 0.4) is 0 Å². The maximum Gasteiger partial charge on any atom is 0.272 e. The molecule has 0 spiro atoms. The number of ether oxygens (including phenoxy) is 1. The highest BCUT2D eigenvalue weighted by atomic mass is 16.6. The lowest BCUT2D eigenvalue weighted by Crippen LogP contribution is -2.34. The van der Waals surface area contributed by atoms with Crippen LogP contribution in [-0.2, 0) is 9.53 Å². The van der Waals surface area contributed by atoms with Gasteiger partial charge in [-0.3, -0.25) is 14.2 Å². The van der Waals surface area contributed by atoms with Crippen molar-refractivity contribution in [3.8, 4) is 0 Å². The van der Waals surface area contributed by atoms with Crippen LogP contribution in [0.4, 0.5) is 5.82 Å². The van der Waals surface area contributed by atoms with Crippen molar-refractivity contribution in [2.24, 2.45) is 0 Å². The predicted octanol–water partition coefficient (Wildman–Crippen LogP) is -2.82. The summed E-state index contributed by atoms with van der Waals surface area (Å²) in [5, 5.41) is 33.7. The third-order valence-electron chi connectivity index (χ3n) is 3.47. The van der Waals surface area contributed by atoms with Gasteiger partial charge in [0.15, 0.2) is 17.7 Å². The third-order valence-corrected chi connectivity index (χ3v) is 3.47. The van der Waals surface area contributed by atoms with Crippen molar-refractivity contribution in [1.82, 2.24) is 14.9 Å². The summed E-state index contributed by atoms with van der Waals surface area (Å²) in [7, 11) is 0. The van der Waals surface area contributed by atoms with E-state index in [0.717, 1.165) is 0 Å². The molecule has 0 saturated carbocycles. The minimum Gasteiger partial charge on any atom is -0.394 e. The van der Waals surface area contributed by atoms with Crippen molar-refractivity contribution in [3.05, 3.63) is 12.0 Å². The normalized spacial score (nSPS) is 32.3. The Labute approximate surface area is 118 Å². The van der Waals surface area contributed by atoms with Gasteiger partial charge in [0.2, 0.25) is 5.91 Å². The molecule has 0 radical (unpaired) electrons. The quantitative estimate of drug-likeness (QED) is 0.395. The summed E-state index contributed by atoms with van der Waals surface area (Å²) in [6.45, 7) is -0.667. The van der Waals surface area contributed by atoms with Gasteiger partial charge in [-0.25, -0.2) is 4.98 Å². The van der Waals surface area contributed by atoms with Crippen LogP contribution in [0.25, 0.3) is 0 Å². The van der Waals surface area contributed by atoms with E-state index in [-0.39, 0.29) is 18.1 Å². The molecule has 1 aromatic heterocycles. The molecule has 2 aliphatic heterocycles. The summed E-state index contributed by atoms with van der Waals surface area (Å²) in [5.74, 6) is -0.931. The molecule has 2 aliphatic rings. The fourth-order valence-electron chi connectivity index (χ4n) is 2.40. The lowest BCUT2D eigenvalue weighted by atomic mass is 10.1. The molecule has 3 heterocycles. The third kappa shape index (κ3) is 2.17. The predicted molar refractivity (Wildman–Crippen MR) is 66.2 cm³/mol. The number of imidazole rings is 1. The number of hydrogen-bond acceptors (Lipinski definition) is 7. The van der Waals surface area contributed by atoms with Gasteiger partial charge in [0.25, 0.3) is 5.91 Å². The molecule has 0 aliphatic carbocycles. The van der Waals surface area contributed by atoms with Gasteiger partial charge in [-0.05, 0) is 0 Å². The standard InChI is InChI=1S/C11H14N4O6/c16-2-4-7(18)8(19)11(21-4)15-3-13-9-6(15)10(20)12-1-5(17)14-9/h3-4,7-8,11,16,18-19H,1-2H2,(H,12,20)(H,14,17). The first-order chi connectivity index (χ1) is 10.0. The molecule has 5 N–H and O–H groups in total. The van der Waals surface area contributed by atoms with Gasteiger partial charge in [-0.1, -0.05) is 0 Å². The van der Waals surface area contributed by atoms with Crippen LogP contribution in [0, 0.1) is 0 Å². The SMILES string of the molecule is O=C1CNC(=O)c2c(ncn2C2OC(CO)C(O)C2O)N1. The largest absolute Gasteiger partial charge is 0.394 e. The number of anilines is 1. The molecule has 4 atom stereocenters. The first kappa shape index (κ1) is 13.9. The smallest absolute Gasteiger partial charge is 0.272 e. The van der Waals surface area contributed by atoms with E-state index >= 15 is 0 Å². The van der Waals surface area contributed by atoms with Gasteiger partial charge in [-0.2, -0.15) is 0 Å². The van der Waals surface area contributed by atoms with Gasteiger partial charge in [0, 0.05) is 0 Å². The van der Waals surface area contributed by atoms with E-state index in [1.165, 1.54) is 10.9 Å². The molecule has 10 nitrogen and oxygen atoms in total. The first-order valence-electron chi connectivity index (χ1n) is 6.30. The average molecular weight is 298 g/mol. The number of fused-ring (bicyclic) bond motifs is 1. The van der Waals surface area contributed by atoms with Crippen molar-refractivity contribution < 1.29 is 29.6 Å². The van der Waals surface area contributed by atoms with Crippen LogP contribution >= 0.6 is 0 Å². The molecule has 10 heteroatoms. The molecule has 1 fully saturated rings. The topological polar surface area (TPSA) is 146 Å². The van der Waals surface area contributed by atoms with Gasteiger partial charge < -0.3 is 30.7 Å². The van der Waals surface area contributed by atoms with E-state index in [2.05, 4.69) is 15.6 Å². The average Bonchev–Trinajstić information content (AvgIpc) is 2.95. The summed E-state index contributed by atoms with van der Waals surface area (Å²) in [4.78, 5) is 27.3. The zero-order valence-corrected chi connectivity index (χ0v) is 10.8. The highest BCUT2D eigenvalue weighted by Gasteiger charge is 2.45. The van der Waals surface area contributed by atoms with Gasteiger partial charge >= 0.3 is 0 Å². The van der Waals surface area contributed by atoms with Crippen LogP contribution in [0.15, 0.2) is 6.33 Å². The lowest BCUT2D eigenvalue weighted by Gasteiger charge is -2.18. The first-order valence-corrected chi connectivity index (χ1v) is 6.30. The van der Waals surface area contributed by atoms with E-state index < -0.39 is 43.0 Å². The molecule has 21 heavy (non-hydrogen) atoms.